The molecule has 0 aliphatic rings. The Balaban J connectivity index is 2.37. The molecule has 5 nitrogen and oxygen atoms in total. The number of thiazole rings is 1. The van der Waals surface area contributed by atoms with E-state index in [-0.39, 0.29) is 9.88 Å². The zero-order valence-electron chi connectivity index (χ0n) is 10.9. The minimum atomic E-state index is -3.66. The zero-order chi connectivity index (χ0) is 14.9. The smallest absolute Gasteiger partial charge is 0.263 e. The topological polar surface area (TPSA) is 85.1 Å². The monoisotopic (exact) mass is 327 g/mol. The lowest BCUT2D eigenvalue weighted by molar-refractivity contribution is 0.600. The van der Waals surface area contributed by atoms with Crippen molar-refractivity contribution in [3.63, 3.8) is 0 Å². The summed E-state index contributed by atoms with van der Waals surface area (Å²) in [6, 6.07) is 4.74. The number of rotatable bonds is 4. The second-order valence-electron chi connectivity index (χ2n) is 4.24. The SMILES string of the molecule is Cc1csc(NS(=O)(=O)c2ccc(C(N)=S)cc2C)n1. The maximum absolute atomic E-state index is 12.3. The average Bonchev–Trinajstić information content (AvgIpc) is 2.73. The van der Waals surface area contributed by atoms with Crippen LogP contribution in [0, 0.1) is 13.8 Å². The van der Waals surface area contributed by atoms with Gasteiger partial charge in [-0.1, -0.05) is 18.3 Å². The van der Waals surface area contributed by atoms with E-state index in [9.17, 15) is 8.42 Å². The van der Waals surface area contributed by atoms with Crippen molar-refractivity contribution < 1.29 is 8.42 Å². The van der Waals surface area contributed by atoms with E-state index >= 15 is 0 Å². The number of hydrogen-bond acceptors (Lipinski definition) is 5. The third kappa shape index (κ3) is 3.14. The molecule has 1 aromatic carbocycles. The van der Waals surface area contributed by atoms with E-state index in [2.05, 4.69) is 9.71 Å². The summed E-state index contributed by atoms with van der Waals surface area (Å²) in [4.78, 5) is 4.51. The molecule has 0 unspecified atom stereocenters. The minimum absolute atomic E-state index is 0.186. The molecule has 1 heterocycles. The first-order chi connectivity index (χ1) is 9.29. The highest BCUT2D eigenvalue weighted by Gasteiger charge is 2.18. The first kappa shape index (κ1) is 14.9. The van der Waals surface area contributed by atoms with Crippen LogP contribution in [0.2, 0.25) is 0 Å². The number of aromatic nitrogens is 1. The summed E-state index contributed by atoms with van der Waals surface area (Å²) in [5, 5.41) is 2.13. The number of nitrogens with zero attached hydrogens (tertiary/aromatic N) is 1. The molecule has 0 fully saturated rings. The fourth-order valence-electron chi connectivity index (χ4n) is 1.67. The van der Waals surface area contributed by atoms with Crippen molar-refractivity contribution in [2.24, 2.45) is 5.73 Å². The fraction of sp³-hybridized carbons (Fsp3) is 0.167. The van der Waals surface area contributed by atoms with Gasteiger partial charge < -0.3 is 5.73 Å². The predicted molar refractivity (Wildman–Crippen MR) is 84.7 cm³/mol. The summed E-state index contributed by atoms with van der Waals surface area (Å²) in [5.41, 5.74) is 7.52. The Labute approximate surface area is 126 Å². The van der Waals surface area contributed by atoms with Gasteiger partial charge in [-0.05, 0) is 31.5 Å². The Bertz CT molecular complexity index is 766. The molecule has 0 aliphatic carbocycles. The molecule has 0 spiro atoms. The van der Waals surface area contributed by atoms with Crippen LogP contribution in [0.4, 0.5) is 5.13 Å². The van der Waals surface area contributed by atoms with Gasteiger partial charge in [-0.25, -0.2) is 13.4 Å². The Morgan fingerprint density at radius 1 is 1.40 bits per heavy atom. The van der Waals surface area contributed by atoms with Crippen LogP contribution in [-0.2, 0) is 10.0 Å². The zero-order valence-corrected chi connectivity index (χ0v) is 13.3. The fourth-order valence-corrected chi connectivity index (χ4v) is 3.97. The molecule has 0 saturated carbocycles. The van der Waals surface area contributed by atoms with Crippen molar-refractivity contribution in [1.29, 1.82) is 0 Å². The number of nitrogens with one attached hydrogen (secondary N) is 1. The number of anilines is 1. The Hall–Kier alpha value is -1.51. The Kier molecular flexibility index (Phi) is 4.07. The van der Waals surface area contributed by atoms with Crippen molar-refractivity contribution in [3.05, 3.63) is 40.4 Å². The molecule has 0 aliphatic heterocycles. The number of sulfonamides is 1. The Morgan fingerprint density at radius 2 is 2.10 bits per heavy atom. The lowest BCUT2D eigenvalue weighted by Crippen LogP contribution is -2.15. The molecule has 0 radical (unpaired) electrons. The normalized spacial score (nSPS) is 11.3. The van der Waals surface area contributed by atoms with E-state index in [0.717, 1.165) is 5.69 Å². The summed E-state index contributed by atoms with van der Waals surface area (Å²) >= 11 is 6.11. The molecule has 1 aromatic heterocycles. The second-order valence-corrected chi connectivity index (χ2v) is 7.19. The lowest BCUT2D eigenvalue weighted by Gasteiger charge is -2.09. The van der Waals surface area contributed by atoms with Crippen LogP contribution in [-0.4, -0.2) is 18.4 Å². The van der Waals surface area contributed by atoms with E-state index in [1.54, 1.807) is 31.4 Å². The summed E-state index contributed by atoms with van der Waals surface area (Å²) in [6.07, 6.45) is 0. The van der Waals surface area contributed by atoms with Crippen molar-refractivity contribution in [3.8, 4) is 0 Å². The van der Waals surface area contributed by atoms with Gasteiger partial charge in [0.1, 0.15) is 4.99 Å². The van der Waals surface area contributed by atoms with Gasteiger partial charge in [0.2, 0.25) is 0 Å². The van der Waals surface area contributed by atoms with E-state index in [4.69, 9.17) is 18.0 Å². The highest BCUT2D eigenvalue weighted by Crippen LogP contribution is 2.22. The third-order valence-electron chi connectivity index (χ3n) is 2.59. The number of aryl methyl sites for hydroxylation is 2. The number of hydrogen-bond donors (Lipinski definition) is 2. The number of benzene rings is 1. The molecule has 8 heteroatoms. The van der Waals surface area contributed by atoms with E-state index < -0.39 is 10.0 Å². The summed E-state index contributed by atoms with van der Waals surface area (Å²) in [7, 11) is -3.66. The quantitative estimate of drug-likeness (QED) is 0.841. The molecule has 2 rings (SSSR count). The van der Waals surface area contributed by atoms with Crippen molar-refractivity contribution >= 4 is 43.7 Å². The van der Waals surface area contributed by atoms with Crippen LogP contribution in [0.3, 0.4) is 0 Å². The molecular weight excluding hydrogens is 314 g/mol. The maximum Gasteiger partial charge on any atom is 0.263 e. The van der Waals surface area contributed by atoms with Gasteiger partial charge in [0.25, 0.3) is 10.0 Å². The lowest BCUT2D eigenvalue weighted by atomic mass is 10.1. The van der Waals surface area contributed by atoms with Crippen LogP contribution in [0.5, 0.6) is 0 Å². The van der Waals surface area contributed by atoms with Crippen LogP contribution in [0.25, 0.3) is 0 Å². The van der Waals surface area contributed by atoms with Crippen molar-refractivity contribution in [2.45, 2.75) is 18.7 Å². The van der Waals surface area contributed by atoms with Gasteiger partial charge in [0.15, 0.2) is 5.13 Å². The predicted octanol–water partition coefficient (Wildman–Crippen LogP) is 2.19. The van der Waals surface area contributed by atoms with E-state index in [0.29, 0.717) is 16.3 Å². The average molecular weight is 327 g/mol. The second kappa shape index (κ2) is 5.47. The summed E-state index contributed by atoms with van der Waals surface area (Å²) in [5.74, 6) is 0. The first-order valence-electron chi connectivity index (χ1n) is 5.65. The molecule has 0 saturated heterocycles. The van der Waals surface area contributed by atoms with Crippen molar-refractivity contribution in [1.82, 2.24) is 4.98 Å². The standard InChI is InChI=1S/C12H13N3O2S3/c1-7-5-9(11(13)18)3-4-10(7)20(16,17)15-12-14-8(2)6-19-12/h3-6H,1-2H3,(H2,13,18)(H,14,15). The largest absolute Gasteiger partial charge is 0.389 e. The van der Waals surface area contributed by atoms with Crippen molar-refractivity contribution in [2.75, 3.05) is 4.72 Å². The molecule has 3 N–H and O–H groups in total. The minimum Gasteiger partial charge on any atom is -0.389 e. The van der Waals surface area contributed by atoms with Gasteiger partial charge in [0.05, 0.1) is 10.6 Å². The van der Waals surface area contributed by atoms with Crippen LogP contribution in [0.15, 0.2) is 28.5 Å². The van der Waals surface area contributed by atoms with Gasteiger partial charge in [-0.2, -0.15) is 0 Å². The molecule has 20 heavy (non-hydrogen) atoms. The van der Waals surface area contributed by atoms with Gasteiger partial charge in [0, 0.05) is 10.9 Å². The molecule has 0 amide bonds. The first-order valence-corrected chi connectivity index (χ1v) is 8.42. The Morgan fingerprint density at radius 3 is 2.60 bits per heavy atom. The summed E-state index contributed by atoms with van der Waals surface area (Å²) < 4.78 is 27.1. The molecular formula is C12H13N3O2S3. The highest BCUT2D eigenvalue weighted by molar-refractivity contribution is 7.93. The molecule has 2 aromatic rings. The molecule has 0 atom stereocenters. The van der Waals surface area contributed by atoms with Crippen LogP contribution < -0.4 is 10.5 Å². The molecule has 106 valence electrons. The maximum atomic E-state index is 12.3. The van der Waals surface area contributed by atoms with Gasteiger partial charge in [-0.15, -0.1) is 11.3 Å². The van der Waals surface area contributed by atoms with Crippen LogP contribution in [0.1, 0.15) is 16.8 Å². The van der Waals surface area contributed by atoms with E-state index in [1.807, 2.05) is 0 Å². The van der Waals surface area contributed by atoms with Crippen LogP contribution >= 0.6 is 23.6 Å². The molecule has 0 bridgehead atoms. The number of thiocarbonyl (C=S) groups is 1. The van der Waals surface area contributed by atoms with Gasteiger partial charge >= 0.3 is 0 Å². The van der Waals surface area contributed by atoms with E-state index in [1.165, 1.54) is 17.4 Å². The highest BCUT2D eigenvalue weighted by atomic mass is 32.2. The number of nitrogens with two attached hydrogens (primary N) is 1. The third-order valence-corrected chi connectivity index (χ3v) is 5.33. The van der Waals surface area contributed by atoms with Gasteiger partial charge in [-0.3, -0.25) is 4.72 Å². The summed E-state index contributed by atoms with van der Waals surface area (Å²) in [6.45, 7) is 3.50.